The summed E-state index contributed by atoms with van der Waals surface area (Å²) in [6, 6.07) is 3.37. The number of aliphatic carboxylic acids is 1. The molecule has 1 aliphatic rings. The monoisotopic (exact) mass is 328 g/mol. The van der Waals surface area contributed by atoms with Crippen molar-refractivity contribution in [3.05, 3.63) is 40.3 Å². The Labute approximate surface area is 128 Å². The molecule has 1 aliphatic heterocycles. The fraction of sp³-hybridized carbons (Fsp3) is 0.154. The van der Waals surface area contributed by atoms with Gasteiger partial charge >= 0.3 is 0 Å². The SMILES string of the molecule is O=C([O-])CCN1C(=O)/C(=C\c2c(F)cccc2F)SC1=S. The minimum Gasteiger partial charge on any atom is -0.550 e. The molecular weight excluding hydrogens is 320 g/mol. The third kappa shape index (κ3) is 3.45. The van der Waals surface area contributed by atoms with Crippen LogP contribution in [0.25, 0.3) is 6.08 Å². The number of carboxylic acids is 1. The Hall–Kier alpha value is -1.80. The molecule has 1 saturated heterocycles. The van der Waals surface area contributed by atoms with Crippen LogP contribution in [0.2, 0.25) is 0 Å². The lowest BCUT2D eigenvalue weighted by atomic mass is 10.2. The molecule has 1 heterocycles. The molecular formula is C13H8F2NO3S2-. The number of rotatable bonds is 4. The molecule has 1 aromatic rings. The maximum atomic E-state index is 13.5. The molecule has 1 aromatic carbocycles. The van der Waals surface area contributed by atoms with Crippen LogP contribution in [-0.2, 0) is 9.59 Å². The van der Waals surface area contributed by atoms with Gasteiger partial charge in [-0.15, -0.1) is 0 Å². The van der Waals surface area contributed by atoms with Gasteiger partial charge in [-0.25, -0.2) is 8.78 Å². The van der Waals surface area contributed by atoms with Crippen LogP contribution < -0.4 is 5.11 Å². The second-order valence-electron chi connectivity index (χ2n) is 4.09. The number of halogens is 2. The summed E-state index contributed by atoms with van der Waals surface area (Å²) in [5.41, 5.74) is -0.335. The zero-order valence-electron chi connectivity index (χ0n) is 10.5. The number of thioether (sulfide) groups is 1. The van der Waals surface area contributed by atoms with Crippen molar-refractivity contribution in [2.45, 2.75) is 6.42 Å². The van der Waals surface area contributed by atoms with E-state index in [1.807, 2.05) is 0 Å². The molecule has 0 saturated carbocycles. The number of carbonyl (C=O) groups is 2. The summed E-state index contributed by atoms with van der Waals surface area (Å²) in [5.74, 6) is -3.48. The lowest BCUT2D eigenvalue weighted by molar-refractivity contribution is -0.305. The highest BCUT2D eigenvalue weighted by Gasteiger charge is 2.32. The molecule has 2 rings (SSSR count). The predicted molar refractivity (Wildman–Crippen MR) is 75.9 cm³/mol. The van der Waals surface area contributed by atoms with Crippen LogP contribution in [0.3, 0.4) is 0 Å². The molecule has 21 heavy (non-hydrogen) atoms. The molecule has 0 aromatic heterocycles. The lowest BCUT2D eigenvalue weighted by Gasteiger charge is -2.14. The molecule has 0 radical (unpaired) electrons. The van der Waals surface area contributed by atoms with Gasteiger partial charge in [0.25, 0.3) is 5.91 Å². The zero-order chi connectivity index (χ0) is 15.6. The standard InChI is InChI=1S/C13H9F2NO3S2/c14-8-2-1-3-9(15)7(8)6-10-12(19)16(13(20)21-10)5-4-11(17)18/h1-3,6H,4-5H2,(H,17,18)/p-1/b10-6+. The summed E-state index contributed by atoms with van der Waals surface area (Å²) < 4.78 is 27.2. The van der Waals surface area contributed by atoms with E-state index < -0.39 is 23.5 Å². The van der Waals surface area contributed by atoms with Gasteiger partial charge in [-0.05, 0) is 18.2 Å². The molecule has 0 unspecified atom stereocenters. The topological polar surface area (TPSA) is 60.4 Å². The average Bonchev–Trinajstić information content (AvgIpc) is 2.67. The van der Waals surface area contributed by atoms with Crippen molar-refractivity contribution in [2.24, 2.45) is 0 Å². The van der Waals surface area contributed by atoms with Gasteiger partial charge in [-0.3, -0.25) is 9.69 Å². The highest BCUT2D eigenvalue weighted by Crippen LogP contribution is 2.33. The van der Waals surface area contributed by atoms with Crippen LogP contribution in [0, 0.1) is 11.6 Å². The van der Waals surface area contributed by atoms with E-state index in [-0.39, 0.29) is 27.8 Å². The normalized spacial score (nSPS) is 16.9. The summed E-state index contributed by atoms with van der Waals surface area (Å²) in [6.45, 7) is -0.135. The number of nitrogens with zero attached hydrogens (tertiary/aromatic N) is 1. The number of carboxylic acid groups (broad SMARTS) is 1. The van der Waals surface area contributed by atoms with Crippen LogP contribution in [-0.4, -0.2) is 27.6 Å². The smallest absolute Gasteiger partial charge is 0.266 e. The van der Waals surface area contributed by atoms with Crippen molar-refractivity contribution < 1.29 is 23.5 Å². The minimum absolute atomic E-state index is 0.0438. The molecule has 110 valence electrons. The first kappa shape index (κ1) is 15.6. The highest BCUT2D eigenvalue weighted by atomic mass is 32.2. The molecule has 0 bridgehead atoms. The molecule has 8 heteroatoms. The van der Waals surface area contributed by atoms with Crippen molar-refractivity contribution in [3.63, 3.8) is 0 Å². The van der Waals surface area contributed by atoms with Gasteiger partial charge in [0.2, 0.25) is 0 Å². The Balaban J connectivity index is 2.26. The van der Waals surface area contributed by atoms with Gasteiger partial charge in [-0.2, -0.15) is 0 Å². The van der Waals surface area contributed by atoms with Gasteiger partial charge in [0.05, 0.1) is 4.91 Å². The average molecular weight is 328 g/mol. The summed E-state index contributed by atoms with van der Waals surface area (Å²) in [6.07, 6.45) is 0.705. The quantitative estimate of drug-likeness (QED) is 0.616. The van der Waals surface area contributed by atoms with Crippen LogP contribution in [0.1, 0.15) is 12.0 Å². The van der Waals surface area contributed by atoms with E-state index in [1.54, 1.807) is 0 Å². The number of hydrogen-bond acceptors (Lipinski definition) is 5. The van der Waals surface area contributed by atoms with Crippen molar-refractivity contribution in [1.82, 2.24) is 4.90 Å². The maximum absolute atomic E-state index is 13.5. The lowest BCUT2D eigenvalue weighted by Crippen LogP contribution is -2.33. The largest absolute Gasteiger partial charge is 0.550 e. The van der Waals surface area contributed by atoms with E-state index in [1.165, 1.54) is 6.07 Å². The van der Waals surface area contributed by atoms with Crippen molar-refractivity contribution in [2.75, 3.05) is 6.54 Å². The third-order valence-corrected chi connectivity index (χ3v) is 4.07. The Kier molecular flexibility index (Phi) is 4.69. The van der Waals surface area contributed by atoms with Gasteiger partial charge in [0, 0.05) is 24.5 Å². The minimum atomic E-state index is -1.31. The maximum Gasteiger partial charge on any atom is 0.266 e. The number of thiocarbonyl (C=S) groups is 1. The van der Waals surface area contributed by atoms with Gasteiger partial charge < -0.3 is 9.90 Å². The second-order valence-corrected chi connectivity index (χ2v) is 5.77. The fourth-order valence-corrected chi connectivity index (χ4v) is 2.97. The number of carbonyl (C=O) groups excluding carboxylic acids is 2. The Morgan fingerprint density at radius 3 is 2.57 bits per heavy atom. The van der Waals surface area contributed by atoms with Gasteiger partial charge in [-0.1, -0.05) is 30.0 Å². The Bertz CT molecular complexity index is 641. The summed E-state index contributed by atoms with van der Waals surface area (Å²) in [5, 5.41) is 10.4. The predicted octanol–water partition coefficient (Wildman–Crippen LogP) is 1.31. The first-order valence-electron chi connectivity index (χ1n) is 5.79. The van der Waals surface area contributed by atoms with Crippen molar-refractivity contribution in [3.8, 4) is 0 Å². The Morgan fingerprint density at radius 1 is 1.38 bits per heavy atom. The van der Waals surface area contributed by atoms with Crippen LogP contribution in [0.4, 0.5) is 8.78 Å². The Morgan fingerprint density at radius 2 is 2.00 bits per heavy atom. The summed E-state index contributed by atoms with van der Waals surface area (Å²) >= 11 is 5.82. The molecule has 1 fully saturated rings. The third-order valence-electron chi connectivity index (χ3n) is 2.69. The van der Waals surface area contributed by atoms with Crippen molar-refractivity contribution >= 4 is 46.3 Å². The van der Waals surface area contributed by atoms with Crippen LogP contribution in [0.15, 0.2) is 23.1 Å². The highest BCUT2D eigenvalue weighted by molar-refractivity contribution is 8.26. The number of amides is 1. The van der Waals surface area contributed by atoms with E-state index in [4.69, 9.17) is 12.2 Å². The van der Waals surface area contributed by atoms with Gasteiger partial charge in [0.15, 0.2) is 0 Å². The molecule has 0 spiro atoms. The first-order chi connectivity index (χ1) is 9.90. The summed E-state index contributed by atoms with van der Waals surface area (Å²) in [7, 11) is 0. The van der Waals surface area contributed by atoms with Gasteiger partial charge in [0.1, 0.15) is 16.0 Å². The van der Waals surface area contributed by atoms with E-state index in [9.17, 15) is 23.5 Å². The molecule has 4 nitrogen and oxygen atoms in total. The molecule has 0 aliphatic carbocycles. The van der Waals surface area contributed by atoms with E-state index >= 15 is 0 Å². The van der Waals surface area contributed by atoms with E-state index in [0.29, 0.717) is 0 Å². The first-order valence-corrected chi connectivity index (χ1v) is 7.02. The van der Waals surface area contributed by atoms with E-state index in [2.05, 4.69) is 0 Å². The summed E-state index contributed by atoms with van der Waals surface area (Å²) in [4.78, 5) is 23.6. The van der Waals surface area contributed by atoms with Crippen molar-refractivity contribution in [1.29, 1.82) is 0 Å². The van der Waals surface area contributed by atoms with E-state index in [0.717, 1.165) is 34.9 Å². The number of hydrogen-bond donors (Lipinski definition) is 0. The molecule has 1 amide bonds. The second kappa shape index (κ2) is 6.31. The zero-order valence-corrected chi connectivity index (χ0v) is 12.1. The molecule has 0 atom stereocenters. The fourth-order valence-electron chi connectivity index (χ4n) is 1.68. The van der Waals surface area contributed by atoms with Crippen LogP contribution in [0.5, 0.6) is 0 Å². The molecule has 0 N–H and O–H groups in total. The number of benzene rings is 1. The van der Waals surface area contributed by atoms with Crippen LogP contribution >= 0.6 is 24.0 Å².